The van der Waals surface area contributed by atoms with Gasteiger partial charge >= 0.3 is 0 Å². The molecule has 0 spiro atoms. The van der Waals surface area contributed by atoms with Crippen LogP contribution in [0.5, 0.6) is 0 Å². The zero-order chi connectivity index (χ0) is 14.9. The molecular formula is C14H10Br2ClF2N. The van der Waals surface area contributed by atoms with E-state index in [1.54, 1.807) is 31.3 Å². The van der Waals surface area contributed by atoms with Crippen LogP contribution in [0.4, 0.5) is 8.78 Å². The zero-order valence-electron chi connectivity index (χ0n) is 10.4. The van der Waals surface area contributed by atoms with E-state index in [9.17, 15) is 8.78 Å². The third-order valence-corrected chi connectivity index (χ3v) is 4.90. The maximum Gasteiger partial charge on any atom is 0.148 e. The Labute approximate surface area is 137 Å². The fourth-order valence-corrected chi connectivity index (χ4v) is 3.05. The molecule has 0 heterocycles. The Kier molecular flexibility index (Phi) is 5.18. The molecule has 0 saturated heterocycles. The summed E-state index contributed by atoms with van der Waals surface area (Å²) in [6.07, 6.45) is 0. The maximum absolute atomic E-state index is 14.3. The molecule has 6 heteroatoms. The smallest absolute Gasteiger partial charge is 0.148 e. The highest BCUT2D eigenvalue weighted by atomic mass is 79.9. The molecule has 2 rings (SSSR count). The fourth-order valence-electron chi connectivity index (χ4n) is 2.01. The molecule has 0 saturated carbocycles. The lowest BCUT2D eigenvalue weighted by Crippen LogP contribution is -2.21. The van der Waals surface area contributed by atoms with E-state index in [1.807, 2.05) is 0 Å². The van der Waals surface area contributed by atoms with E-state index < -0.39 is 17.7 Å². The Hall–Kier alpha value is -0.490. The van der Waals surface area contributed by atoms with Crippen molar-refractivity contribution in [2.24, 2.45) is 0 Å². The average Bonchev–Trinajstić information content (AvgIpc) is 2.42. The van der Waals surface area contributed by atoms with Crippen molar-refractivity contribution in [2.75, 3.05) is 7.05 Å². The highest BCUT2D eigenvalue weighted by Gasteiger charge is 2.23. The third kappa shape index (κ3) is 2.91. The van der Waals surface area contributed by atoms with E-state index in [0.717, 1.165) is 0 Å². The van der Waals surface area contributed by atoms with Crippen molar-refractivity contribution in [3.63, 3.8) is 0 Å². The second kappa shape index (κ2) is 6.52. The van der Waals surface area contributed by atoms with E-state index in [-0.39, 0.29) is 10.6 Å². The molecule has 1 nitrogen and oxygen atoms in total. The molecule has 0 radical (unpaired) electrons. The lowest BCUT2D eigenvalue weighted by atomic mass is 9.98. The number of hydrogen-bond acceptors (Lipinski definition) is 1. The van der Waals surface area contributed by atoms with E-state index in [0.29, 0.717) is 14.5 Å². The van der Waals surface area contributed by atoms with Crippen LogP contribution in [-0.2, 0) is 0 Å². The predicted molar refractivity (Wildman–Crippen MR) is 84.1 cm³/mol. The molecule has 0 amide bonds. The first-order valence-electron chi connectivity index (χ1n) is 5.72. The van der Waals surface area contributed by atoms with Gasteiger partial charge in [0.2, 0.25) is 0 Å². The number of rotatable bonds is 3. The minimum absolute atomic E-state index is 0.0183. The van der Waals surface area contributed by atoms with Gasteiger partial charge in [-0.1, -0.05) is 39.7 Å². The third-order valence-electron chi connectivity index (χ3n) is 2.95. The van der Waals surface area contributed by atoms with Gasteiger partial charge in [0.15, 0.2) is 0 Å². The number of hydrogen-bond donors (Lipinski definition) is 1. The highest BCUT2D eigenvalue weighted by Crippen LogP contribution is 2.36. The molecule has 106 valence electrons. The summed E-state index contributed by atoms with van der Waals surface area (Å²) in [5.74, 6) is -0.993. The second-order valence-electron chi connectivity index (χ2n) is 4.12. The molecule has 2 aromatic carbocycles. The molecule has 0 bridgehead atoms. The summed E-state index contributed by atoms with van der Waals surface area (Å²) in [7, 11) is 1.64. The molecule has 20 heavy (non-hydrogen) atoms. The predicted octanol–water partition coefficient (Wildman–Crippen LogP) is 5.45. The van der Waals surface area contributed by atoms with Gasteiger partial charge in [0.05, 0.1) is 11.1 Å². The lowest BCUT2D eigenvalue weighted by molar-refractivity contribution is 0.545. The van der Waals surface area contributed by atoms with Crippen molar-refractivity contribution in [1.29, 1.82) is 0 Å². The summed E-state index contributed by atoms with van der Waals surface area (Å²) in [6, 6.07) is 7.20. The molecular weight excluding hydrogens is 415 g/mol. The van der Waals surface area contributed by atoms with E-state index in [4.69, 9.17) is 11.6 Å². The molecule has 0 aliphatic heterocycles. The lowest BCUT2D eigenvalue weighted by Gasteiger charge is -2.20. The van der Waals surface area contributed by atoms with Crippen molar-refractivity contribution < 1.29 is 8.78 Å². The van der Waals surface area contributed by atoms with Gasteiger partial charge in [0.25, 0.3) is 0 Å². The van der Waals surface area contributed by atoms with Gasteiger partial charge in [-0.05, 0) is 41.2 Å². The summed E-state index contributed by atoms with van der Waals surface area (Å²) < 4.78 is 29.4. The first-order chi connectivity index (χ1) is 9.47. The van der Waals surface area contributed by atoms with Crippen LogP contribution in [0, 0.1) is 11.6 Å². The van der Waals surface area contributed by atoms with Gasteiger partial charge in [-0.3, -0.25) is 0 Å². The number of nitrogens with one attached hydrogen (secondary N) is 1. The largest absolute Gasteiger partial charge is 0.309 e. The van der Waals surface area contributed by atoms with Gasteiger partial charge in [0.1, 0.15) is 11.6 Å². The van der Waals surface area contributed by atoms with Gasteiger partial charge in [0, 0.05) is 20.1 Å². The van der Waals surface area contributed by atoms with Crippen molar-refractivity contribution in [3.8, 4) is 0 Å². The van der Waals surface area contributed by atoms with Gasteiger partial charge in [-0.25, -0.2) is 8.78 Å². The maximum atomic E-state index is 14.3. The van der Waals surface area contributed by atoms with E-state index in [2.05, 4.69) is 37.2 Å². The molecule has 0 aliphatic rings. The summed E-state index contributed by atoms with van der Waals surface area (Å²) in [6.45, 7) is 0. The summed E-state index contributed by atoms with van der Waals surface area (Å²) >= 11 is 12.4. The zero-order valence-corrected chi connectivity index (χ0v) is 14.3. The number of halogens is 5. The van der Waals surface area contributed by atoms with Crippen LogP contribution < -0.4 is 5.32 Å². The minimum Gasteiger partial charge on any atom is -0.309 e. The number of benzene rings is 2. The molecule has 1 unspecified atom stereocenters. The monoisotopic (exact) mass is 423 g/mol. The van der Waals surface area contributed by atoms with Crippen molar-refractivity contribution in [2.45, 2.75) is 6.04 Å². The summed E-state index contributed by atoms with van der Waals surface area (Å²) in [4.78, 5) is 0. The van der Waals surface area contributed by atoms with Crippen molar-refractivity contribution in [3.05, 3.63) is 67.1 Å². The van der Waals surface area contributed by atoms with Crippen LogP contribution >= 0.6 is 43.5 Å². The molecule has 0 fully saturated rings. The molecule has 2 aromatic rings. The van der Waals surface area contributed by atoms with E-state index in [1.165, 1.54) is 6.07 Å². The van der Waals surface area contributed by atoms with Gasteiger partial charge in [-0.15, -0.1) is 0 Å². The summed E-state index contributed by atoms with van der Waals surface area (Å²) in [5.41, 5.74) is 0.624. The molecule has 1 N–H and O–H groups in total. The normalized spacial score (nSPS) is 12.5. The Morgan fingerprint density at radius 2 is 1.80 bits per heavy atom. The first kappa shape index (κ1) is 15.9. The van der Waals surface area contributed by atoms with Crippen molar-refractivity contribution >= 4 is 43.5 Å². The molecule has 1 atom stereocenters. The van der Waals surface area contributed by atoms with Gasteiger partial charge in [-0.2, -0.15) is 0 Å². The molecule has 0 aliphatic carbocycles. The van der Waals surface area contributed by atoms with Crippen LogP contribution in [0.15, 0.2) is 39.3 Å². The van der Waals surface area contributed by atoms with Crippen molar-refractivity contribution in [1.82, 2.24) is 5.32 Å². The average molecular weight is 425 g/mol. The highest BCUT2D eigenvalue weighted by molar-refractivity contribution is 9.10. The Bertz CT molecular complexity index is 629. The van der Waals surface area contributed by atoms with E-state index >= 15 is 0 Å². The van der Waals surface area contributed by atoms with Crippen LogP contribution in [0.2, 0.25) is 5.02 Å². The quantitative estimate of drug-likeness (QED) is 0.645. The Morgan fingerprint density at radius 1 is 1.10 bits per heavy atom. The Balaban J connectivity index is 2.62. The molecule has 0 aromatic heterocycles. The van der Waals surface area contributed by atoms with Crippen LogP contribution in [0.3, 0.4) is 0 Å². The SMILES string of the molecule is CNC(c1ccc(Br)c(Cl)c1F)c1c(F)cccc1Br. The van der Waals surface area contributed by atoms with Gasteiger partial charge < -0.3 is 5.32 Å². The minimum atomic E-state index is -0.642. The standard InChI is InChI=1S/C14H10Br2ClF2N/c1-20-14(11-8(15)3-2-4-10(11)18)7-5-6-9(16)12(17)13(7)19/h2-6,14,20H,1H3. The van der Waals surface area contributed by atoms with Crippen LogP contribution in [0.1, 0.15) is 17.2 Å². The van der Waals surface area contributed by atoms with Crippen LogP contribution in [-0.4, -0.2) is 7.05 Å². The summed E-state index contributed by atoms with van der Waals surface area (Å²) in [5, 5.41) is 2.90. The first-order valence-corrected chi connectivity index (χ1v) is 7.68. The fraction of sp³-hybridized carbons (Fsp3) is 0.143. The second-order valence-corrected chi connectivity index (χ2v) is 6.21. The van der Waals surface area contributed by atoms with Crippen LogP contribution in [0.25, 0.3) is 0 Å². The Morgan fingerprint density at radius 3 is 2.40 bits per heavy atom. The topological polar surface area (TPSA) is 12.0 Å².